The lowest BCUT2D eigenvalue weighted by Crippen LogP contribution is -2.24. The van der Waals surface area contributed by atoms with Gasteiger partial charge in [-0.3, -0.25) is 4.79 Å². The SMILES string of the molecule is N#CCCSc1ccccc1NC(=O)[C@H]1CCS(=O)(=O)C1. The highest BCUT2D eigenvalue weighted by Crippen LogP contribution is 2.28. The Kier molecular flexibility index (Phi) is 5.26. The standard InChI is InChI=1S/C14H16N2O3S2/c15-7-3-8-20-13-5-2-1-4-12(13)16-14(17)11-6-9-21(18,19)10-11/h1-2,4-5,11H,3,6,8-10H2,(H,16,17)/t11-/m0/s1. The number of hydrogen-bond donors (Lipinski definition) is 1. The third kappa shape index (κ3) is 4.48. The van der Waals surface area contributed by atoms with E-state index < -0.39 is 15.8 Å². The number of rotatable bonds is 5. The topological polar surface area (TPSA) is 87.0 Å². The first-order valence-corrected chi connectivity index (χ1v) is 9.42. The molecule has 1 heterocycles. The van der Waals surface area contributed by atoms with Gasteiger partial charge in [0.05, 0.1) is 29.2 Å². The Bertz CT molecular complexity index is 665. The number of sulfone groups is 1. The number of nitriles is 1. The van der Waals surface area contributed by atoms with Gasteiger partial charge >= 0.3 is 0 Å². The fourth-order valence-electron chi connectivity index (χ4n) is 2.14. The molecule has 112 valence electrons. The van der Waals surface area contributed by atoms with Crippen LogP contribution in [-0.4, -0.2) is 31.6 Å². The molecule has 0 spiro atoms. The van der Waals surface area contributed by atoms with Crippen LogP contribution in [0.25, 0.3) is 0 Å². The van der Waals surface area contributed by atoms with E-state index in [2.05, 4.69) is 11.4 Å². The summed E-state index contributed by atoms with van der Waals surface area (Å²) in [5.74, 6) is -0.0375. The number of carbonyl (C=O) groups is 1. The lowest BCUT2D eigenvalue weighted by Gasteiger charge is -2.12. The van der Waals surface area contributed by atoms with E-state index in [0.717, 1.165) is 4.90 Å². The van der Waals surface area contributed by atoms with E-state index in [0.29, 0.717) is 24.3 Å². The van der Waals surface area contributed by atoms with Crippen LogP contribution in [0.15, 0.2) is 29.2 Å². The molecule has 0 radical (unpaired) electrons. The van der Waals surface area contributed by atoms with Crippen LogP contribution in [0, 0.1) is 17.2 Å². The average molecular weight is 324 g/mol. The van der Waals surface area contributed by atoms with Crippen molar-refractivity contribution in [1.82, 2.24) is 0 Å². The molecule has 0 aromatic heterocycles. The van der Waals surface area contributed by atoms with Crippen LogP contribution in [0.2, 0.25) is 0 Å². The van der Waals surface area contributed by atoms with E-state index in [1.165, 1.54) is 11.8 Å². The lowest BCUT2D eigenvalue weighted by atomic mass is 10.1. The van der Waals surface area contributed by atoms with Crippen molar-refractivity contribution in [3.8, 4) is 6.07 Å². The van der Waals surface area contributed by atoms with Crippen molar-refractivity contribution in [2.45, 2.75) is 17.7 Å². The summed E-state index contributed by atoms with van der Waals surface area (Å²) in [7, 11) is -3.06. The predicted molar refractivity (Wildman–Crippen MR) is 82.8 cm³/mol. The summed E-state index contributed by atoms with van der Waals surface area (Å²) in [6.45, 7) is 0. The molecule has 2 rings (SSSR count). The van der Waals surface area contributed by atoms with Gasteiger partial charge < -0.3 is 5.32 Å². The van der Waals surface area contributed by atoms with Gasteiger partial charge in [0.2, 0.25) is 5.91 Å². The summed E-state index contributed by atoms with van der Waals surface area (Å²) in [4.78, 5) is 13.0. The maximum absolute atomic E-state index is 12.1. The van der Waals surface area contributed by atoms with Gasteiger partial charge in [-0.2, -0.15) is 5.26 Å². The van der Waals surface area contributed by atoms with Crippen LogP contribution in [0.1, 0.15) is 12.8 Å². The number of nitrogens with zero attached hydrogens (tertiary/aromatic N) is 1. The minimum Gasteiger partial charge on any atom is -0.325 e. The molecule has 1 saturated heterocycles. The Morgan fingerprint density at radius 2 is 2.19 bits per heavy atom. The quantitative estimate of drug-likeness (QED) is 0.662. The molecule has 1 fully saturated rings. The molecule has 0 bridgehead atoms. The zero-order valence-electron chi connectivity index (χ0n) is 11.4. The summed E-state index contributed by atoms with van der Waals surface area (Å²) in [6.07, 6.45) is 0.825. The second kappa shape index (κ2) is 6.96. The van der Waals surface area contributed by atoms with Crippen molar-refractivity contribution in [1.29, 1.82) is 5.26 Å². The molecular formula is C14H16N2O3S2. The first-order valence-electron chi connectivity index (χ1n) is 6.62. The Balaban J connectivity index is 2.02. The largest absolute Gasteiger partial charge is 0.325 e. The normalized spacial score (nSPS) is 19.9. The van der Waals surface area contributed by atoms with Gasteiger partial charge in [-0.15, -0.1) is 11.8 Å². The van der Waals surface area contributed by atoms with E-state index in [9.17, 15) is 13.2 Å². The number of thioether (sulfide) groups is 1. The maximum Gasteiger partial charge on any atom is 0.228 e. The molecule has 7 heteroatoms. The summed E-state index contributed by atoms with van der Waals surface area (Å²) in [5.41, 5.74) is 0.676. The fourth-order valence-corrected chi connectivity index (χ4v) is 4.74. The highest BCUT2D eigenvalue weighted by atomic mass is 32.2. The van der Waals surface area contributed by atoms with Crippen LogP contribution in [0.4, 0.5) is 5.69 Å². The number of para-hydroxylation sites is 1. The minimum absolute atomic E-state index is 0.0669. The molecule has 5 nitrogen and oxygen atoms in total. The van der Waals surface area contributed by atoms with Crippen LogP contribution in [0.5, 0.6) is 0 Å². The minimum atomic E-state index is -3.06. The third-order valence-corrected chi connectivity index (χ3v) is 6.06. The Morgan fingerprint density at radius 3 is 2.86 bits per heavy atom. The molecule has 0 aliphatic carbocycles. The van der Waals surface area contributed by atoms with Crippen molar-refractivity contribution < 1.29 is 13.2 Å². The molecule has 1 aliphatic rings. The zero-order chi connectivity index (χ0) is 15.3. The van der Waals surface area contributed by atoms with E-state index in [1.54, 1.807) is 6.07 Å². The zero-order valence-corrected chi connectivity index (χ0v) is 13.0. The van der Waals surface area contributed by atoms with Gasteiger partial charge in [-0.05, 0) is 18.6 Å². The van der Waals surface area contributed by atoms with Crippen molar-refractivity contribution in [3.05, 3.63) is 24.3 Å². The molecule has 1 aliphatic heterocycles. The lowest BCUT2D eigenvalue weighted by molar-refractivity contribution is -0.119. The summed E-state index contributed by atoms with van der Waals surface area (Å²) in [6, 6.07) is 9.42. The highest BCUT2D eigenvalue weighted by Gasteiger charge is 2.33. The van der Waals surface area contributed by atoms with Crippen molar-refractivity contribution in [3.63, 3.8) is 0 Å². The summed E-state index contributed by atoms with van der Waals surface area (Å²) in [5, 5.41) is 11.4. The van der Waals surface area contributed by atoms with Crippen molar-refractivity contribution >= 4 is 33.2 Å². The number of anilines is 1. The van der Waals surface area contributed by atoms with Crippen molar-refractivity contribution in [2.75, 3.05) is 22.6 Å². The second-order valence-corrected chi connectivity index (χ2v) is 8.21. The molecule has 1 amide bonds. The number of hydrogen-bond acceptors (Lipinski definition) is 5. The average Bonchev–Trinajstić information content (AvgIpc) is 2.81. The number of nitrogens with one attached hydrogen (secondary N) is 1. The third-order valence-electron chi connectivity index (χ3n) is 3.22. The Labute approximate surface area is 128 Å². The molecule has 1 N–H and O–H groups in total. The molecule has 1 aromatic carbocycles. The molecular weight excluding hydrogens is 308 g/mol. The second-order valence-electron chi connectivity index (χ2n) is 4.84. The first-order chi connectivity index (χ1) is 10.0. The summed E-state index contributed by atoms with van der Waals surface area (Å²) < 4.78 is 22.8. The Hall–Kier alpha value is -1.52. The fraction of sp³-hybridized carbons (Fsp3) is 0.429. The van der Waals surface area contributed by atoms with Gasteiger partial charge in [-0.25, -0.2) is 8.42 Å². The highest BCUT2D eigenvalue weighted by molar-refractivity contribution is 7.99. The van der Waals surface area contributed by atoms with Gasteiger partial charge in [0.1, 0.15) is 0 Å². The van der Waals surface area contributed by atoms with Gasteiger partial charge in [0, 0.05) is 17.1 Å². The van der Waals surface area contributed by atoms with E-state index in [1.807, 2.05) is 18.2 Å². The Morgan fingerprint density at radius 1 is 1.43 bits per heavy atom. The van der Waals surface area contributed by atoms with Gasteiger partial charge in [-0.1, -0.05) is 12.1 Å². The van der Waals surface area contributed by atoms with Crippen LogP contribution >= 0.6 is 11.8 Å². The molecule has 21 heavy (non-hydrogen) atoms. The first kappa shape index (κ1) is 15.9. The van der Waals surface area contributed by atoms with Crippen LogP contribution < -0.4 is 5.32 Å². The van der Waals surface area contributed by atoms with Crippen LogP contribution in [-0.2, 0) is 14.6 Å². The summed E-state index contributed by atoms with van der Waals surface area (Å²) >= 11 is 1.50. The van der Waals surface area contributed by atoms with E-state index >= 15 is 0 Å². The van der Waals surface area contributed by atoms with E-state index in [-0.39, 0.29) is 17.4 Å². The smallest absolute Gasteiger partial charge is 0.228 e. The molecule has 0 saturated carbocycles. The van der Waals surface area contributed by atoms with Crippen LogP contribution in [0.3, 0.4) is 0 Å². The van der Waals surface area contributed by atoms with Gasteiger partial charge in [0.25, 0.3) is 0 Å². The van der Waals surface area contributed by atoms with Gasteiger partial charge in [0.15, 0.2) is 9.84 Å². The van der Waals surface area contributed by atoms with Crippen molar-refractivity contribution in [2.24, 2.45) is 5.92 Å². The molecule has 1 aromatic rings. The number of carbonyl (C=O) groups excluding carboxylic acids is 1. The number of amides is 1. The molecule has 1 atom stereocenters. The number of benzene rings is 1. The van der Waals surface area contributed by atoms with E-state index in [4.69, 9.17) is 5.26 Å². The molecule has 0 unspecified atom stereocenters. The monoisotopic (exact) mass is 324 g/mol. The predicted octanol–water partition coefficient (Wildman–Crippen LogP) is 2.07. The maximum atomic E-state index is 12.1.